The number of hydrogen-bond acceptors (Lipinski definition) is 0. The summed E-state index contributed by atoms with van der Waals surface area (Å²) in [7, 11) is 0. The molecule has 10 aromatic carbocycles. The van der Waals surface area contributed by atoms with Crippen LogP contribution >= 0.6 is 0 Å². The zero-order chi connectivity index (χ0) is 45.9. The van der Waals surface area contributed by atoms with Crippen molar-refractivity contribution in [2.45, 2.75) is 45.4 Å². The third-order valence-corrected chi connectivity index (χ3v) is 15.5. The number of para-hydroxylation sites is 1. The third-order valence-electron chi connectivity index (χ3n) is 15.5. The molecule has 0 unspecified atom stereocenters. The number of fused-ring (bicyclic) bond motifs is 10. The van der Waals surface area contributed by atoms with Crippen molar-refractivity contribution in [3.05, 3.63) is 245 Å². The second kappa shape index (κ2) is 15.0. The highest BCUT2D eigenvalue weighted by Crippen LogP contribution is 2.53. The van der Waals surface area contributed by atoms with Crippen molar-refractivity contribution in [1.29, 1.82) is 0 Å². The van der Waals surface area contributed by atoms with E-state index in [4.69, 9.17) is 0 Å². The van der Waals surface area contributed by atoms with Crippen molar-refractivity contribution < 1.29 is 0 Å². The molecule has 0 aliphatic heterocycles. The van der Waals surface area contributed by atoms with E-state index in [0.717, 1.165) is 0 Å². The van der Waals surface area contributed by atoms with E-state index >= 15 is 0 Å². The summed E-state index contributed by atoms with van der Waals surface area (Å²) in [5.74, 6) is 0. The van der Waals surface area contributed by atoms with Gasteiger partial charge in [0, 0.05) is 27.3 Å². The molecular weight excluding hydrogens is 819 g/mol. The van der Waals surface area contributed by atoms with Crippen molar-refractivity contribution in [2.75, 3.05) is 0 Å². The number of nitrogens with zero attached hydrogens (tertiary/aromatic N) is 1. The molecule has 0 radical (unpaired) electrons. The van der Waals surface area contributed by atoms with Crippen LogP contribution in [-0.4, -0.2) is 4.57 Å². The van der Waals surface area contributed by atoms with Crippen LogP contribution < -0.4 is 0 Å². The predicted octanol–water partition coefficient (Wildman–Crippen LogP) is 18.0. The van der Waals surface area contributed by atoms with Gasteiger partial charge in [0.25, 0.3) is 0 Å². The first-order valence-electron chi connectivity index (χ1n) is 24.1. The Hall–Kier alpha value is -8.00. The Bertz CT molecular complexity index is 3890. The molecule has 0 amide bonds. The fourth-order valence-electron chi connectivity index (χ4n) is 11.6. The Morgan fingerprint density at radius 2 is 0.779 bits per heavy atom. The maximum absolute atomic E-state index is 2.46. The van der Waals surface area contributed by atoms with E-state index in [1.165, 1.54) is 133 Å². The minimum atomic E-state index is -0.121. The quantitative estimate of drug-likeness (QED) is 0.147. The maximum Gasteiger partial charge on any atom is 0.0541 e. The van der Waals surface area contributed by atoms with Crippen molar-refractivity contribution in [3.8, 4) is 61.3 Å². The molecule has 1 heterocycles. The second-order valence-electron chi connectivity index (χ2n) is 20.3. The molecule has 1 aromatic heterocycles. The maximum atomic E-state index is 2.46. The molecule has 0 fully saturated rings. The van der Waals surface area contributed by atoms with Gasteiger partial charge in [-0.3, -0.25) is 0 Å². The number of rotatable bonds is 6. The molecule has 0 spiro atoms. The Kier molecular flexibility index (Phi) is 8.89. The van der Waals surface area contributed by atoms with E-state index in [1.807, 2.05) is 0 Å². The minimum Gasteiger partial charge on any atom is -0.309 e. The van der Waals surface area contributed by atoms with Crippen LogP contribution in [0.3, 0.4) is 0 Å². The smallest absolute Gasteiger partial charge is 0.0541 e. The average Bonchev–Trinajstić information content (AvgIpc) is 3.91. The lowest BCUT2D eigenvalue weighted by molar-refractivity contribution is 0.659. The molecule has 11 aromatic rings. The molecule has 0 N–H and O–H groups in total. The van der Waals surface area contributed by atoms with Crippen molar-refractivity contribution >= 4 is 44.7 Å². The van der Waals surface area contributed by atoms with Crippen LogP contribution in [0.4, 0.5) is 0 Å². The van der Waals surface area contributed by atoms with E-state index < -0.39 is 0 Å². The summed E-state index contributed by atoms with van der Waals surface area (Å²) in [6, 6.07) is 77.2. The Morgan fingerprint density at radius 1 is 0.338 bits per heavy atom. The highest BCUT2D eigenvalue weighted by molar-refractivity contribution is 6.10. The lowest BCUT2D eigenvalue weighted by atomic mass is 9.80. The Morgan fingerprint density at radius 3 is 1.37 bits per heavy atom. The lowest BCUT2D eigenvalue weighted by Crippen LogP contribution is -2.15. The van der Waals surface area contributed by atoms with E-state index in [1.54, 1.807) is 0 Å². The van der Waals surface area contributed by atoms with Crippen molar-refractivity contribution in [2.24, 2.45) is 0 Å². The van der Waals surface area contributed by atoms with Crippen LogP contribution in [0.1, 0.15) is 66.6 Å². The zero-order valence-corrected chi connectivity index (χ0v) is 39.2. The number of aryl methyl sites for hydroxylation is 1. The zero-order valence-electron chi connectivity index (χ0n) is 39.2. The molecular formula is C67H51N. The topological polar surface area (TPSA) is 4.93 Å². The second-order valence-corrected chi connectivity index (χ2v) is 20.3. The molecule has 0 saturated heterocycles. The molecule has 2 aliphatic rings. The predicted molar refractivity (Wildman–Crippen MR) is 290 cm³/mol. The van der Waals surface area contributed by atoms with E-state index in [9.17, 15) is 0 Å². The molecule has 0 saturated carbocycles. The number of aromatic nitrogens is 1. The van der Waals surface area contributed by atoms with Gasteiger partial charge < -0.3 is 4.57 Å². The fourth-order valence-corrected chi connectivity index (χ4v) is 11.6. The van der Waals surface area contributed by atoms with Crippen LogP contribution in [0, 0.1) is 6.92 Å². The Balaban J connectivity index is 0.726. The summed E-state index contributed by atoms with van der Waals surface area (Å²) in [4.78, 5) is 0. The van der Waals surface area contributed by atoms with E-state index in [0.29, 0.717) is 0 Å². The standard InChI is InChI=1S/C67H51N/c1-42-14-31-54-55-33-27-51(40-62(55)66(2,3)60(54)36-42)52-28-34-57-56-32-26-50(39-61(56)67(4,5)63(57)41-52)47-23-19-44(20-24-47)16-15-43-17-21-46(22-18-43)49-29-35-65-59(38-49)58-12-8-9-13-64(58)68(65)53-30-25-45-10-6-7-11-48(45)37-53/h6-41H,1-5H3. The highest BCUT2D eigenvalue weighted by atomic mass is 15.0. The first-order chi connectivity index (χ1) is 33.1. The van der Waals surface area contributed by atoms with Gasteiger partial charge in [0.15, 0.2) is 0 Å². The van der Waals surface area contributed by atoms with Gasteiger partial charge in [-0.25, -0.2) is 0 Å². The van der Waals surface area contributed by atoms with Gasteiger partial charge in [0.05, 0.1) is 11.0 Å². The molecule has 1 nitrogen and oxygen atoms in total. The minimum absolute atomic E-state index is 0.0278. The number of benzene rings is 10. The van der Waals surface area contributed by atoms with Crippen molar-refractivity contribution in [3.63, 3.8) is 0 Å². The van der Waals surface area contributed by atoms with E-state index in [2.05, 4.69) is 258 Å². The molecule has 0 bridgehead atoms. The average molecular weight is 870 g/mol. The van der Waals surface area contributed by atoms with Gasteiger partial charge in [0.2, 0.25) is 0 Å². The molecule has 0 atom stereocenters. The van der Waals surface area contributed by atoms with Gasteiger partial charge in [0.1, 0.15) is 0 Å². The van der Waals surface area contributed by atoms with Crippen LogP contribution in [-0.2, 0) is 10.8 Å². The molecule has 324 valence electrons. The third kappa shape index (κ3) is 6.30. The van der Waals surface area contributed by atoms with Gasteiger partial charge in [-0.2, -0.15) is 0 Å². The summed E-state index contributed by atoms with van der Waals surface area (Å²) >= 11 is 0. The summed E-state index contributed by atoms with van der Waals surface area (Å²) < 4.78 is 2.40. The van der Waals surface area contributed by atoms with Gasteiger partial charge in [-0.15, -0.1) is 0 Å². The molecule has 13 rings (SSSR count). The first-order valence-corrected chi connectivity index (χ1v) is 24.1. The van der Waals surface area contributed by atoms with E-state index in [-0.39, 0.29) is 10.8 Å². The van der Waals surface area contributed by atoms with Crippen LogP contribution in [0.2, 0.25) is 0 Å². The first kappa shape index (κ1) is 40.3. The lowest BCUT2D eigenvalue weighted by Gasteiger charge is -2.23. The van der Waals surface area contributed by atoms with Gasteiger partial charge >= 0.3 is 0 Å². The van der Waals surface area contributed by atoms with Gasteiger partial charge in [-0.05, 0) is 155 Å². The summed E-state index contributed by atoms with van der Waals surface area (Å²) in [5, 5.41) is 5.03. The monoisotopic (exact) mass is 869 g/mol. The Labute approximate surface area is 399 Å². The van der Waals surface area contributed by atoms with Gasteiger partial charge in [-0.1, -0.05) is 203 Å². The highest BCUT2D eigenvalue weighted by Gasteiger charge is 2.37. The van der Waals surface area contributed by atoms with Crippen LogP contribution in [0.5, 0.6) is 0 Å². The largest absolute Gasteiger partial charge is 0.309 e. The summed E-state index contributed by atoms with van der Waals surface area (Å²) in [6.07, 6.45) is 4.43. The van der Waals surface area contributed by atoms with Crippen molar-refractivity contribution in [1.82, 2.24) is 4.57 Å². The fraction of sp³-hybridized carbons (Fsp3) is 0.104. The van der Waals surface area contributed by atoms with Crippen LogP contribution in [0.15, 0.2) is 206 Å². The summed E-state index contributed by atoms with van der Waals surface area (Å²) in [6.45, 7) is 11.7. The molecule has 68 heavy (non-hydrogen) atoms. The molecule has 1 heteroatoms. The summed E-state index contributed by atoms with van der Waals surface area (Å²) in [5.41, 5.74) is 25.7. The normalized spacial score (nSPS) is 14.1. The van der Waals surface area contributed by atoms with Crippen LogP contribution in [0.25, 0.3) is 106 Å². The molecule has 2 aliphatic carbocycles. The SMILES string of the molecule is Cc1ccc2c(c1)C(C)(C)c1cc(-c3ccc4c(c3)C(C)(C)c3cc(-c5ccc(C=Cc6ccc(-c7ccc8c(c7)c7ccccc7n8-c7ccc8ccccc8c7)cc6)cc5)ccc3-4)ccc1-2. The number of hydrogen-bond donors (Lipinski definition) is 0.